The lowest BCUT2D eigenvalue weighted by Crippen LogP contribution is -2.38. The summed E-state index contributed by atoms with van der Waals surface area (Å²) in [6.45, 7) is 9.20. The van der Waals surface area contributed by atoms with Crippen molar-refractivity contribution in [3.63, 3.8) is 0 Å². The predicted octanol–water partition coefficient (Wildman–Crippen LogP) is 3.28. The number of hydrogen-bond donors (Lipinski definition) is 1. The van der Waals surface area contributed by atoms with Gasteiger partial charge in [0, 0.05) is 36.7 Å². The summed E-state index contributed by atoms with van der Waals surface area (Å²) in [6, 6.07) is 5.10. The van der Waals surface area contributed by atoms with Gasteiger partial charge in [0.05, 0.1) is 0 Å². The van der Waals surface area contributed by atoms with Crippen LogP contribution in [0, 0.1) is 18.8 Å². The number of benzene rings is 1. The summed E-state index contributed by atoms with van der Waals surface area (Å²) >= 11 is 0. The van der Waals surface area contributed by atoms with E-state index in [4.69, 9.17) is 4.42 Å². The molecule has 0 aliphatic carbocycles. The minimum absolute atomic E-state index is 0.160. The van der Waals surface area contributed by atoms with Crippen molar-refractivity contribution < 1.29 is 9.52 Å². The Balaban J connectivity index is 2.00. The quantitative estimate of drug-likeness (QED) is 0.865. The van der Waals surface area contributed by atoms with Crippen LogP contribution in [0.25, 0.3) is 11.0 Å². The molecule has 1 fully saturated rings. The van der Waals surface area contributed by atoms with Gasteiger partial charge in [-0.1, -0.05) is 13.8 Å². The van der Waals surface area contributed by atoms with Crippen LogP contribution in [0.5, 0.6) is 5.75 Å². The number of rotatable bonds is 2. The Bertz CT molecular complexity index is 740. The van der Waals surface area contributed by atoms with Crippen LogP contribution in [0.2, 0.25) is 0 Å². The van der Waals surface area contributed by atoms with Crippen LogP contribution in [0.1, 0.15) is 31.4 Å². The molecule has 1 aliphatic heterocycles. The number of piperidine rings is 1. The number of likely N-dealkylation sites (tertiary alicyclic amines) is 1. The zero-order valence-corrected chi connectivity index (χ0v) is 13.4. The van der Waals surface area contributed by atoms with Crippen LogP contribution >= 0.6 is 0 Å². The molecule has 4 heteroatoms. The molecular formula is C18H23NO3. The molecule has 1 aromatic heterocycles. The molecule has 2 heterocycles. The molecule has 0 amide bonds. The van der Waals surface area contributed by atoms with Gasteiger partial charge in [0.25, 0.3) is 0 Å². The highest BCUT2D eigenvalue weighted by atomic mass is 16.4. The molecule has 0 spiro atoms. The molecule has 118 valence electrons. The van der Waals surface area contributed by atoms with Crippen molar-refractivity contribution in [1.29, 1.82) is 0 Å². The number of aromatic hydroxyl groups is 1. The fraction of sp³-hybridized carbons (Fsp3) is 0.500. The standard InChI is InChI=1S/C18H23NO3/c1-11-6-12(2)9-19(8-11)10-14-7-17(21)22-18-13(3)16(20)5-4-15(14)18/h4-5,7,11-12,20H,6,8-10H2,1-3H3/t11-,12-/m0/s1. The summed E-state index contributed by atoms with van der Waals surface area (Å²) < 4.78 is 5.31. The lowest BCUT2D eigenvalue weighted by molar-refractivity contribution is 0.134. The molecule has 22 heavy (non-hydrogen) atoms. The predicted molar refractivity (Wildman–Crippen MR) is 87.1 cm³/mol. The Kier molecular flexibility index (Phi) is 3.96. The SMILES string of the molecule is Cc1c(O)ccc2c(CN3C[C@@H](C)C[C@H](C)C3)cc(=O)oc12. The Morgan fingerprint density at radius 2 is 1.95 bits per heavy atom. The second-order valence-corrected chi connectivity index (χ2v) is 6.82. The molecule has 2 atom stereocenters. The molecule has 2 aromatic rings. The van der Waals surface area contributed by atoms with Crippen molar-refractivity contribution in [3.8, 4) is 5.75 Å². The largest absolute Gasteiger partial charge is 0.508 e. The Labute approximate surface area is 130 Å². The van der Waals surface area contributed by atoms with E-state index in [2.05, 4.69) is 18.7 Å². The number of aryl methyl sites for hydroxylation is 1. The van der Waals surface area contributed by atoms with E-state index in [-0.39, 0.29) is 11.4 Å². The fourth-order valence-corrected chi connectivity index (χ4v) is 3.71. The van der Waals surface area contributed by atoms with Crippen molar-refractivity contribution in [2.75, 3.05) is 13.1 Å². The summed E-state index contributed by atoms with van der Waals surface area (Å²) in [6.07, 6.45) is 1.27. The second kappa shape index (κ2) is 5.76. The van der Waals surface area contributed by atoms with Crippen LogP contribution < -0.4 is 5.63 Å². The van der Waals surface area contributed by atoms with Crippen LogP contribution in [0.15, 0.2) is 27.4 Å². The molecule has 3 rings (SSSR count). The molecule has 0 bridgehead atoms. The van der Waals surface area contributed by atoms with Gasteiger partial charge in [-0.3, -0.25) is 4.90 Å². The van der Waals surface area contributed by atoms with Crippen molar-refractivity contribution >= 4 is 11.0 Å². The summed E-state index contributed by atoms with van der Waals surface area (Å²) in [5.74, 6) is 1.52. The van der Waals surface area contributed by atoms with E-state index in [1.54, 1.807) is 19.1 Å². The van der Waals surface area contributed by atoms with Gasteiger partial charge >= 0.3 is 5.63 Å². The summed E-state index contributed by atoms with van der Waals surface area (Å²) in [4.78, 5) is 14.3. The van der Waals surface area contributed by atoms with E-state index < -0.39 is 0 Å². The number of phenolic OH excluding ortho intramolecular Hbond substituents is 1. The van der Waals surface area contributed by atoms with Gasteiger partial charge in [0.1, 0.15) is 11.3 Å². The van der Waals surface area contributed by atoms with E-state index >= 15 is 0 Å². The summed E-state index contributed by atoms with van der Waals surface area (Å²) in [7, 11) is 0. The first-order chi connectivity index (χ1) is 10.4. The number of hydrogen-bond acceptors (Lipinski definition) is 4. The lowest BCUT2D eigenvalue weighted by Gasteiger charge is -2.35. The molecule has 0 radical (unpaired) electrons. The molecule has 1 aromatic carbocycles. The van der Waals surface area contributed by atoms with E-state index in [9.17, 15) is 9.90 Å². The molecular weight excluding hydrogens is 278 g/mol. The smallest absolute Gasteiger partial charge is 0.336 e. The van der Waals surface area contributed by atoms with Crippen molar-refractivity contribution in [3.05, 3.63) is 39.7 Å². The summed E-state index contributed by atoms with van der Waals surface area (Å²) in [5, 5.41) is 10.7. The lowest BCUT2D eigenvalue weighted by atomic mass is 9.91. The maximum atomic E-state index is 11.9. The number of phenols is 1. The average Bonchev–Trinajstić information content (AvgIpc) is 2.42. The van der Waals surface area contributed by atoms with Crippen molar-refractivity contribution in [2.45, 2.75) is 33.7 Å². The average molecular weight is 301 g/mol. The molecule has 4 nitrogen and oxygen atoms in total. The zero-order valence-electron chi connectivity index (χ0n) is 13.4. The van der Waals surface area contributed by atoms with E-state index in [1.807, 2.05) is 6.07 Å². The van der Waals surface area contributed by atoms with Gasteiger partial charge < -0.3 is 9.52 Å². The van der Waals surface area contributed by atoms with Gasteiger partial charge in [0.15, 0.2) is 0 Å². The third kappa shape index (κ3) is 2.88. The van der Waals surface area contributed by atoms with Crippen LogP contribution in [0.4, 0.5) is 0 Å². The van der Waals surface area contributed by atoms with E-state index in [0.29, 0.717) is 23.0 Å². The van der Waals surface area contributed by atoms with E-state index in [0.717, 1.165) is 30.6 Å². The third-order valence-electron chi connectivity index (χ3n) is 4.56. The van der Waals surface area contributed by atoms with Crippen molar-refractivity contribution in [1.82, 2.24) is 4.90 Å². The zero-order chi connectivity index (χ0) is 15.9. The topological polar surface area (TPSA) is 53.7 Å². The van der Waals surface area contributed by atoms with E-state index in [1.165, 1.54) is 6.42 Å². The minimum atomic E-state index is -0.352. The number of fused-ring (bicyclic) bond motifs is 1. The first kappa shape index (κ1) is 15.1. The van der Waals surface area contributed by atoms with Gasteiger partial charge in [0.2, 0.25) is 0 Å². The normalized spacial score (nSPS) is 23.0. The first-order valence-corrected chi connectivity index (χ1v) is 7.91. The maximum Gasteiger partial charge on any atom is 0.336 e. The maximum absolute atomic E-state index is 11.9. The van der Waals surface area contributed by atoms with Gasteiger partial charge in [-0.25, -0.2) is 4.79 Å². The summed E-state index contributed by atoms with van der Waals surface area (Å²) in [5.41, 5.74) is 1.75. The third-order valence-corrected chi connectivity index (χ3v) is 4.56. The van der Waals surface area contributed by atoms with Crippen LogP contribution in [-0.2, 0) is 6.54 Å². The first-order valence-electron chi connectivity index (χ1n) is 7.91. The van der Waals surface area contributed by atoms with Crippen molar-refractivity contribution in [2.24, 2.45) is 11.8 Å². The Morgan fingerprint density at radius 1 is 1.27 bits per heavy atom. The van der Waals surface area contributed by atoms with Gasteiger partial charge in [-0.05, 0) is 42.9 Å². The fourth-order valence-electron chi connectivity index (χ4n) is 3.71. The Hall–Kier alpha value is -1.81. The van der Waals surface area contributed by atoms with Crippen LogP contribution in [0.3, 0.4) is 0 Å². The van der Waals surface area contributed by atoms with Gasteiger partial charge in [-0.2, -0.15) is 0 Å². The highest BCUT2D eigenvalue weighted by Crippen LogP contribution is 2.29. The van der Waals surface area contributed by atoms with Gasteiger partial charge in [-0.15, -0.1) is 0 Å². The minimum Gasteiger partial charge on any atom is -0.508 e. The Morgan fingerprint density at radius 3 is 2.64 bits per heavy atom. The highest BCUT2D eigenvalue weighted by molar-refractivity contribution is 5.84. The molecule has 1 N–H and O–H groups in total. The molecule has 1 saturated heterocycles. The highest BCUT2D eigenvalue weighted by Gasteiger charge is 2.22. The second-order valence-electron chi connectivity index (χ2n) is 6.82. The number of nitrogens with zero attached hydrogens (tertiary/aromatic N) is 1. The molecule has 0 unspecified atom stereocenters. The van der Waals surface area contributed by atoms with Crippen LogP contribution in [-0.4, -0.2) is 23.1 Å². The monoisotopic (exact) mass is 301 g/mol. The molecule has 1 aliphatic rings. The molecule has 0 saturated carbocycles.